The van der Waals surface area contributed by atoms with Crippen molar-refractivity contribution in [1.82, 2.24) is 4.98 Å². The van der Waals surface area contributed by atoms with E-state index in [2.05, 4.69) is 10.3 Å². The van der Waals surface area contributed by atoms with Gasteiger partial charge in [0.25, 0.3) is 0 Å². The lowest BCUT2D eigenvalue weighted by Crippen LogP contribution is -2.15. The summed E-state index contributed by atoms with van der Waals surface area (Å²) in [5.74, 6) is 0.568. The molecule has 0 aliphatic carbocycles. The topological polar surface area (TPSA) is 60.2 Å². The Morgan fingerprint density at radius 2 is 2.05 bits per heavy atom. The van der Waals surface area contributed by atoms with Gasteiger partial charge < -0.3 is 15.8 Å². The van der Waals surface area contributed by atoms with Crippen molar-refractivity contribution in [2.75, 3.05) is 12.4 Å². The number of benzene rings is 1. The Kier molecular flexibility index (Phi) is 4.37. The molecule has 0 saturated heterocycles. The summed E-state index contributed by atoms with van der Waals surface area (Å²) in [7, 11) is 1.52. The molecule has 0 aliphatic rings. The molecular formula is C15H16FN3OS. The number of halogens is 1. The number of aryl methyl sites for hydroxylation is 2. The molecule has 0 unspecified atom stereocenters. The van der Waals surface area contributed by atoms with Crippen LogP contribution in [0.3, 0.4) is 0 Å². The van der Waals surface area contributed by atoms with Crippen molar-refractivity contribution < 1.29 is 9.13 Å². The molecule has 1 heterocycles. The third-order valence-electron chi connectivity index (χ3n) is 3.02. The first-order chi connectivity index (χ1) is 9.92. The summed E-state index contributed by atoms with van der Waals surface area (Å²) >= 11 is 5.06. The van der Waals surface area contributed by atoms with E-state index >= 15 is 0 Å². The third-order valence-corrected chi connectivity index (χ3v) is 3.22. The molecule has 1 aromatic carbocycles. The summed E-state index contributed by atoms with van der Waals surface area (Å²) in [6.45, 7) is 3.74. The van der Waals surface area contributed by atoms with Gasteiger partial charge in [0, 0.05) is 11.8 Å². The molecule has 0 spiro atoms. The van der Waals surface area contributed by atoms with Crippen molar-refractivity contribution in [3.63, 3.8) is 0 Å². The van der Waals surface area contributed by atoms with Crippen molar-refractivity contribution in [3.8, 4) is 5.75 Å². The van der Waals surface area contributed by atoms with Gasteiger partial charge >= 0.3 is 0 Å². The molecule has 0 saturated carbocycles. The van der Waals surface area contributed by atoms with Gasteiger partial charge in [-0.05, 0) is 37.6 Å². The highest BCUT2D eigenvalue weighted by atomic mass is 32.1. The van der Waals surface area contributed by atoms with Gasteiger partial charge in [-0.1, -0.05) is 12.2 Å². The van der Waals surface area contributed by atoms with E-state index in [9.17, 15) is 4.39 Å². The smallest absolute Gasteiger partial charge is 0.146 e. The molecule has 0 radical (unpaired) electrons. The molecule has 2 aromatic rings. The Labute approximate surface area is 128 Å². The zero-order valence-electron chi connectivity index (χ0n) is 12.0. The van der Waals surface area contributed by atoms with Crippen LogP contribution in [0.5, 0.6) is 5.75 Å². The molecule has 3 N–H and O–H groups in total. The summed E-state index contributed by atoms with van der Waals surface area (Å²) in [5.41, 5.74) is 8.29. The van der Waals surface area contributed by atoms with Crippen LogP contribution in [0.25, 0.3) is 0 Å². The first kappa shape index (κ1) is 15.2. The minimum Gasteiger partial charge on any atom is -0.497 e. The fourth-order valence-corrected chi connectivity index (χ4v) is 2.35. The highest BCUT2D eigenvalue weighted by Crippen LogP contribution is 2.27. The number of aromatic nitrogens is 1. The molecule has 1 aromatic heterocycles. The van der Waals surface area contributed by atoms with Gasteiger partial charge in [-0.15, -0.1) is 0 Å². The van der Waals surface area contributed by atoms with Crippen LogP contribution in [0, 0.1) is 19.7 Å². The molecule has 0 aliphatic heterocycles. The Balaban J connectivity index is 2.51. The SMILES string of the molecule is COc1ccc(F)c(Nc2nc(C)cc(C)c2C(N)=S)c1. The van der Waals surface area contributed by atoms with Gasteiger partial charge in [-0.3, -0.25) is 0 Å². The first-order valence-electron chi connectivity index (χ1n) is 6.31. The number of nitrogens with zero attached hydrogens (tertiary/aromatic N) is 1. The summed E-state index contributed by atoms with van der Waals surface area (Å²) in [5, 5.41) is 2.94. The lowest BCUT2D eigenvalue weighted by Gasteiger charge is -2.14. The van der Waals surface area contributed by atoms with Crippen LogP contribution in [-0.4, -0.2) is 17.1 Å². The van der Waals surface area contributed by atoms with Crippen LogP contribution in [0.1, 0.15) is 16.8 Å². The van der Waals surface area contributed by atoms with Crippen molar-refractivity contribution in [1.29, 1.82) is 0 Å². The van der Waals surface area contributed by atoms with Crippen LogP contribution >= 0.6 is 12.2 Å². The predicted molar refractivity (Wildman–Crippen MR) is 85.8 cm³/mol. The lowest BCUT2D eigenvalue weighted by atomic mass is 10.1. The maximum Gasteiger partial charge on any atom is 0.146 e. The number of hydrogen-bond acceptors (Lipinski definition) is 4. The minimum atomic E-state index is -0.411. The Hall–Kier alpha value is -2.21. The van der Waals surface area contributed by atoms with E-state index < -0.39 is 5.82 Å². The van der Waals surface area contributed by atoms with E-state index in [1.54, 1.807) is 12.1 Å². The fraction of sp³-hybridized carbons (Fsp3) is 0.200. The predicted octanol–water partition coefficient (Wildman–Crippen LogP) is 3.22. The van der Waals surface area contributed by atoms with Gasteiger partial charge in [0.2, 0.25) is 0 Å². The Morgan fingerprint density at radius 1 is 1.33 bits per heavy atom. The van der Waals surface area contributed by atoms with Crippen molar-refractivity contribution in [2.24, 2.45) is 5.73 Å². The van der Waals surface area contributed by atoms with E-state index in [-0.39, 0.29) is 10.7 Å². The van der Waals surface area contributed by atoms with Gasteiger partial charge in [0.1, 0.15) is 22.4 Å². The molecular weight excluding hydrogens is 289 g/mol. The second-order valence-corrected chi connectivity index (χ2v) is 5.08. The number of pyridine rings is 1. The highest BCUT2D eigenvalue weighted by Gasteiger charge is 2.14. The number of rotatable bonds is 4. The second kappa shape index (κ2) is 6.05. The molecule has 110 valence electrons. The van der Waals surface area contributed by atoms with E-state index in [1.165, 1.54) is 13.2 Å². The molecule has 0 atom stereocenters. The normalized spacial score (nSPS) is 10.3. The first-order valence-corrected chi connectivity index (χ1v) is 6.71. The van der Waals surface area contributed by atoms with Gasteiger partial charge in [-0.25, -0.2) is 9.37 Å². The number of ether oxygens (including phenoxy) is 1. The van der Waals surface area contributed by atoms with Crippen molar-refractivity contribution in [3.05, 3.63) is 46.9 Å². The standard InChI is InChI=1S/C15H16FN3OS/c1-8-6-9(2)18-15(13(8)14(17)21)19-12-7-10(20-3)4-5-11(12)16/h4-7H,1-3H3,(H2,17,21)(H,18,19). The van der Waals surface area contributed by atoms with Gasteiger partial charge in [0.05, 0.1) is 18.4 Å². The zero-order chi connectivity index (χ0) is 15.6. The number of hydrogen-bond donors (Lipinski definition) is 2. The molecule has 6 heteroatoms. The van der Waals surface area contributed by atoms with E-state index in [0.29, 0.717) is 17.1 Å². The monoisotopic (exact) mass is 305 g/mol. The summed E-state index contributed by atoms with van der Waals surface area (Å²) < 4.78 is 19.0. The largest absolute Gasteiger partial charge is 0.497 e. The Morgan fingerprint density at radius 3 is 2.67 bits per heavy atom. The molecule has 4 nitrogen and oxygen atoms in total. The maximum atomic E-state index is 13.9. The highest BCUT2D eigenvalue weighted by molar-refractivity contribution is 7.80. The summed E-state index contributed by atoms with van der Waals surface area (Å²) in [6.07, 6.45) is 0. The van der Waals surface area contributed by atoms with E-state index in [0.717, 1.165) is 11.3 Å². The van der Waals surface area contributed by atoms with Crippen LogP contribution in [0.4, 0.5) is 15.9 Å². The summed E-state index contributed by atoms with van der Waals surface area (Å²) in [6, 6.07) is 6.30. The number of nitrogens with two attached hydrogens (primary N) is 1. The molecule has 0 fully saturated rings. The van der Waals surface area contributed by atoms with Crippen LogP contribution in [-0.2, 0) is 0 Å². The molecule has 0 bridgehead atoms. The van der Waals surface area contributed by atoms with Crippen LogP contribution in [0.2, 0.25) is 0 Å². The Bertz CT molecular complexity index is 704. The minimum absolute atomic E-state index is 0.214. The van der Waals surface area contributed by atoms with Gasteiger partial charge in [0.15, 0.2) is 0 Å². The van der Waals surface area contributed by atoms with E-state index in [1.807, 2.05) is 19.9 Å². The third kappa shape index (κ3) is 3.28. The quantitative estimate of drug-likeness (QED) is 0.849. The number of methoxy groups -OCH3 is 1. The zero-order valence-corrected chi connectivity index (χ0v) is 12.8. The van der Waals surface area contributed by atoms with Crippen molar-refractivity contribution >= 4 is 28.7 Å². The maximum absolute atomic E-state index is 13.9. The fourth-order valence-electron chi connectivity index (χ4n) is 2.09. The number of anilines is 2. The van der Waals surface area contributed by atoms with Crippen molar-refractivity contribution in [2.45, 2.75) is 13.8 Å². The molecule has 2 rings (SSSR count). The molecule has 0 amide bonds. The summed E-state index contributed by atoms with van der Waals surface area (Å²) in [4.78, 5) is 4.57. The van der Waals surface area contributed by atoms with Crippen LogP contribution < -0.4 is 15.8 Å². The van der Waals surface area contributed by atoms with Crippen LogP contribution in [0.15, 0.2) is 24.3 Å². The van der Waals surface area contributed by atoms with Gasteiger partial charge in [-0.2, -0.15) is 0 Å². The average molecular weight is 305 g/mol. The molecule has 21 heavy (non-hydrogen) atoms. The van der Waals surface area contributed by atoms with E-state index in [4.69, 9.17) is 22.7 Å². The number of nitrogens with one attached hydrogen (secondary N) is 1. The average Bonchev–Trinajstić information content (AvgIpc) is 2.40. The number of thiocarbonyl (C=S) groups is 1. The second-order valence-electron chi connectivity index (χ2n) is 4.64. The lowest BCUT2D eigenvalue weighted by molar-refractivity contribution is 0.414.